The number of ether oxygens (including phenoxy) is 2. The summed E-state index contributed by atoms with van der Waals surface area (Å²) in [5, 5.41) is 11.1. The van der Waals surface area contributed by atoms with E-state index in [1.165, 1.54) is 37.9 Å². The van der Waals surface area contributed by atoms with E-state index >= 15 is 0 Å². The number of methoxy groups -OCH3 is 1. The summed E-state index contributed by atoms with van der Waals surface area (Å²) >= 11 is 0. The second-order valence-electron chi connectivity index (χ2n) is 7.57. The van der Waals surface area contributed by atoms with Gasteiger partial charge in [0.25, 0.3) is 0 Å². The van der Waals surface area contributed by atoms with Gasteiger partial charge in [-0.15, -0.1) is 0 Å². The first-order valence-corrected chi connectivity index (χ1v) is 10.0. The molecule has 2 saturated heterocycles. The molecule has 0 amide bonds. The first kappa shape index (κ1) is 18.5. The molecule has 3 heterocycles. The van der Waals surface area contributed by atoms with E-state index in [0.717, 1.165) is 43.3 Å². The van der Waals surface area contributed by atoms with Crippen LogP contribution in [0.15, 0.2) is 30.5 Å². The van der Waals surface area contributed by atoms with Gasteiger partial charge in [-0.05, 0) is 44.5 Å². The minimum Gasteiger partial charge on any atom is -0.497 e. The van der Waals surface area contributed by atoms with Gasteiger partial charge in [-0.2, -0.15) is 5.10 Å². The average Bonchev–Trinajstić information content (AvgIpc) is 3.48. The van der Waals surface area contributed by atoms with Crippen LogP contribution in [0.5, 0.6) is 5.75 Å². The lowest BCUT2D eigenvalue weighted by Gasteiger charge is -2.32. The Labute approximate surface area is 161 Å². The largest absolute Gasteiger partial charge is 0.497 e. The maximum Gasteiger partial charge on any atom is 0.119 e. The van der Waals surface area contributed by atoms with Gasteiger partial charge >= 0.3 is 0 Å². The number of nitrogens with one attached hydrogen (secondary N) is 2. The van der Waals surface area contributed by atoms with Crippen LogP contribution in [0, 0.1) is 5.92 Å². The van der Waals surface area contributed by atoms with Crippen LogP contribution in [0.1, 0.15) is 24.8 Å². The van der Waals surface area contributed by atoms with Crippen molar-refractivity contribution in [3.63, 3.8) is 0 Å². The van der Waals surface area contributed by atoms with E-state index in [1.54, 1.807) is 7.11 Å². The molecule has 6 nitrogen and oxygen atoms in total. The summed E-state index contributed by atoms with van der Waals surface area (Å²) in [4.78, 5) is 2.66. The van der Waals surface area contributed by atoms with E-state index in [-0.39, 0.29) is 0 Å². The Morgan fingerprint density at radius 2 is 2.26 bits per heavy atom. The zero-order chi connectivity index (χ0) is 18.5. The van der Waals surface area contributed by atoms with Crippen molar-refractivity contribution >= 4 is 0 Å². The van der Waals surface area contributed by atoms with Crippen molar-refractivity contribution in [3.8, 4) is 17.0 Å². The maximum absolute atomic E-state index is 5.67. The lowest BCUT2D eigenvalue weighted by Crippen LogP contribution is -2.45. The fraction of sp³-hybridized carbons (Fsp3) is 0.571. The Bertz CT molecular complexity index is 704. The molecule has 4 rings (SSSR count). The number of aromatic amines is 1. The smallest absolute Gasteiger partial charge is 0.119 e. The molecule has 2 N–H and O–H groups in total. The van der Waals surface area contributed by atoms with Crippen LogP contribution >= 0.6 is 0 Å². The van der Waals surface area contributed by atoms with Crippen LogP contribution in [0.2, 0.25) is 0 Å². The molecular weight excluding hydrogens is 340 g/mol. The summed E-state index contributed by atoms with van der Waals surface area (Å²) in [7, 11) is 1.69. The zero-order valence-electron chi connectivity index (χ0n) is 16.1. The average molecular weight is 370 g/mol. The summed E-state index contributed by atoms with van der Waals surface area (Å²) in [5.74, 6) is 1.51. The number of rotatable bonds is 8. The highest BCUT2D eigenvalue weighted by Gasteiger charge is 2.31. The van der Waals surface area contributed by atoms with E-state index in [9.17, 15) is 0 Å². The summed E-state index contributed by atoms with van der Waals surface area (Å²) in [5.41, 5.74) is 3.35. The Balaban J connectivity index is 1.40. The van der Waals surface area contributed by atoms with E-state index < -0.39 is 0 Å². The lowest BCUT2D eigenvalue weighted by atomic mass is 9.97. The molecule has 1 aromatic heterocycles. The van der Waals surface area contributed by atoms with Gasteiger partial charge in [0, 0.05) is 42.8 Å². The minimum absolute atomic E-state index is 0.571. The first-order chi connectivity index (χ1) is 13.3. The Morgan fingerprint density at radius 1 is 1.37 bits per heavy atom. The van der Waals surface area contributed by atoms with Gasteiger partial charge in [-0.25, -0.2) is 0 Å². The summed E-state index contributed by atoms with van der Waals surface area (Å²) < 4.78 is 11.0. The van der Waals surface area contributed by atoms with Crippen molar-refractivity contribution < 1.29 is 9.47 Å². The predicted molar refractivity (Wildman–Crippen MR) is 106 cm³/mol. The number of benzene rings is 1. The molecule has 146 valence electrons. The standard InChI is InChI=1S/C21H30N4O2/c1-26-19-6-4-5-16(11-19)21-18(13-23-24-21)12-22-14-20(17-7-10-27-15-17)25-8-2-3-9-25/h4-6,11,13,17,20,22H,2-3,7-10,12,14-15H2,1H3,(H,23,24)/t17-,20-/m0/s1. The SMILES string of the molecule is COc1cccc(-c2[nH]ncc2CNC[C@@H]([C@H]2CCOC2)N2CCCC2)c1. The molecule has 0 saturated carbocycles. The lowest BCUT2D eigenvalue weighted by molar-refractivity contribution is 0.134. The third-order valence-electron chi connectivity index (χ3n) is 5.86. The minimum atomic E-state index is 0.571. The normalized spacial score (nSPS) is 21.6. The number of H-pyrrole nitrogens is 1. The molecule has 6 heteroatoms. The quantitative estimate of drug-likeness (QED) is 0.748. The van der Waals surface area contributed by atoms with Gasteiger partial charge in [-0.3, -0.25) is 10.00 Å². The van der Waals surface area contributed by atoms with Crippen molar-refractivity contribution in [3.05, 3.63) is 36.0 Å². The Morgan fingerprint density at radius 3 is 3.04 bits per heavy atom. The highest BCUT2D eigenvalue weighted by molar-refractivity contribution is 5.64. The van der Waals surface area contributed by atoms with Gasteiger partial charge in [0.1, 0.15) is 5.75 Å². The number of aromatic nitrogens is 2. The molecule has 2 aliphatic rings. The van der Waals surface area contributed by atoms with Crippen LogP contribution in [0.25, 0.3) is 11.3 Å². The molecular formula is C21H30N4O2. The van der Waals surface area contributed by atoms with Gasteiger partial charge in [0.05, 0.1) is 25.6 Å². The number of nitrogens with zero attached hydrogens (tertiary/aromatic N) is 2. The summed E-state index contributed by atoms with van der Waals surface area (Å²) in [6.07, 6.45) is 5.76. The van der Waals surface area contributed by atoms with Crippen molar-refractivity contribution in [2.24, 2.45) is 5.92 Å². The second kappa shape index (κ2) is 8.87. The third kappa shape index (κ3) is 4.34. The molecule has 2 atom stereocenters. The summed E-state index contributed by atoms with van der Waals surface area (Å²) in [6, 6.07) is 8.67. The number of hydrogen-bond acceptors (Lipinski definition) is 5. The third-order valence-corrected chi connectivity index (χ3v) is 5.86. The van der Waals surface area contributed by atoms with Crippen LogP contribution in [-0.2, 0) is 11.3 Å². The molecule has 0 spiro atoms. The maximum atomic E-state index is 5.67. The van der Waals surface area contributed by atoms with E-state index in [1.807, 2.05) is 24.4 Å². The fourth-order valence-electron chi connectivity index (χ4n) is 4.35. The topological polar surface area (TPSA) is 62.4 Å². The van der Waals surface area contributed by atoms with Crippen LogP contribution < -0.4 is 10.1 Å². The Kier molecular flexibility index (Phi) is 6.07. The van der Waals surface area contributed by atoms with E-state index in [4.69, 9.17) is 9.47 Å². The van der Waals surface area contributed by atoms with Gasteiger partial charge in [0.15, 0.2) is 0 Å². The second-order valence-corrected chi connectivity index (χ2v) is 7.57. The van der Waals surface area contributed by atoms with Gasteiger partial charge in [-0.1, -0.05) is 12.1 Å². The van der Waals surface area contributed by atoms with Crippen molar-refractivity contribution in [2.45, 2.75) is 31.8 Å². The van der Waals surface area contributed by atoms with E-state index in [0.29, 0.717) is 12.0 Å². The van der Waals surface area contributed by atoms with Crippen LogP contribution in [-0.4, -0.2) is 61.1 Å². The highest BCUT2D eigenvalue weighted by Crippen LogP contribution is 2.26. The van der Waals surface area contributed by atoms with Crippen molar-refractivity contribution in [1.82, 2.24) is 20.4 Å². The fourth-order valence-corrected chi connectivity index (χ4v) is 4.35. The summed E-state index contributed by atoms with van der Waals surface area (Å²) in [6.45, 7) is 6.07. The number of hydrogen-bond donors (Lipinski definition) is 2. The monoisotopic (exact) mass is 370 g/mol. The number of likely N-dealkylation sites (tertiary alicyclic amines) is 1. The first-order valence-electron chi connectivity index (χ1n) is 10.0. The van der Waals surface area contributed by atoms with Gasteiger partial charge < -0.3 is 14.8 Å². The molecule has 1 aromatic carbocycles. The molecule has 0 radical (unpaired) electrons. The molecule has 2 fully saturated rings. The van der Waals surface area contributed by atoms with Crippen LogP contribution in [0.3, 0.4) is 0 Å². The molecule has 0 aliphatic carbocycles. The van der Waals surface area contributed by atoms with Gasteiger partial charge in [0.2, 0.25) is 0 Å². The predicted octanol–water partition coefficient (Wildman–Crippen LogP) is 2.68. The van der Waals surface area contributed by atoms with E-state index in [2.05, 4.69) is 26.5 Å². The van der Waals surface area contributed by atoms with Crippen molar-refractivity contribution in [1.29, 1.82) is 0 Å². The zero-order valence-corrected chi connectivity index (χ0v) is 16.1. The molecule has 27 heavy (non-hydrogen) atoms. The van der Waals surface area contributed by atoms with Crippen molar-refractivity contribution in [2.75, 3.05) is 40.0 Å². The highest BCUT2D eigenvalue weighted by atomic mass is 16.5. The molecule has 0 bridgehead atoms. The molecule has 0 unspecified atom stereocenters. The van der Waals surface area contributed by atoms with Crippen LogP contribution in [0.4, 0.5) is 0 Å². The Hall–Kier alpha value is -1.89. The molecule has 2 aromatic rings. The molecule has 2 aliphatic heterocycles.